The van der Waals surface area contributed by atoms with Crippen molar-refractivity contribution in [1.29, 1.82) is 0 Å². The van der Waals surface area contributed by atoms with Gasteiger partial charge >= 0.3 is 6.03 Å². The van der Waals surface area contributed by atoms with E-state index in [1.807, 2.05) is 46.3 Å². The number of likely N-dealkylation sites (N-methyl/N-ethyl adjacent to an activating group) is 1. The van der Waals surface area contributed by atoms with Crippen LogP contribution in [0.5, 0.6) is 0 Å². The molecular weight excluding hydrogens is 366 g/mol. The van der Waals surface area contributed by atoms with Gasteiger partial charge in [0.1, 0.15) is 0 Å². The molecule has 0 radical (unpaired) electrons. The lowest BCUT2D eigenvalue weighted by Crippen LogP contribution is -2.50. The van der Waals surface area contributed by atoms with E-state index < -0.39 is 0 Å². The van der Waals surface area contributed by atoms with Crippen LogP contribution in [0, 0.1) is 0 Å². The van der Waals surface area contributed by atoms with Crippen LogP contribution in [0.15, 0.2) is 48.8 Å². The molecule has 7 heteroatoms. The fraction of sp³-hybridized carbons (Fsp3) is 0.409. The molecule has 7 nitrogen and oxygen atoms in total. The van der Waals surface area contributed by atoms with E-state index in [1.165, 1.54) is 5.56 Å². The summed E-state index contributed by atoms with van der Waals surface area (Å²) < 4.78 is 0. The average Bonchev–Trinajstić information content (AvgIpc) is 3.24. The van der Waals surface area contributed by atoms with E-state index >= 15 is 0 Å². The molecule has 4 rings (SSSR count). The van der Waals surface area contributed by atoms with Gasteiger partial charge in [-0.2, -0.15) is 0 Å². The summed E-state index contributed by atoms with van der Waals surface area (Å²) in [5.74, 6) is 0.389. The Kier molecular flexibility index (Phi) is 5.38. The van der Waals surface area contributed by atoms with E-state index in [0.717, 1.165) is 24.3 Å². The van der Waals surface area contributed by atoms with Crippen LogP contribution >= 0.6 is 0 Å². The largest absolute Gasteiger partial charge is 0.359 e. The number of aromatic nitrogens is 1. The number of benzene rings is 1. The summed E-state index contributed by atoms with van der Waals surface area (Å²) in [6.45, 7) is 3.00. The summed E-state index contributed by atoms with van der Waals surface area (Å²) >= 11 is 0. The van der Waals surface area contributed by atoms with Gasteiger partial charge < -0.3 is 14.7 Å². The second-order valence-electron chi connectivity index (χ2n) is 7.85. The van der Waals surface area contributed by atoms with Gasteiger partial charge in [0.15, 0.2) is 0 Å². The summed E-state index contributed by atoms with van der Waals surface area (Å²) in [7, 11) is 3.53. The van der Waals surface area contributed by atoms with Gasteiger partial charge in [-0.25, -0.2) is 4.79 Å². The Bertz CT molecular complexity index is 886. The monoisotopic (exact) mass is 393 g/mol. The van der Waals surface area contributed by atoms with Gasteiger partial charge in [0.05, 0.1) is 17.9 Å². The number of anilines is 2. The van der Waals surface area contributed by atoms with Crippen molar-refractivity contribution in [3.8, 4) is 0 Å². The summed E-state index contributed by atoms with van der Waals surface area (Å²) in [5.41, 5.74) is 3.00. The average molecular weight is 393 g/mol. The zero-order valence-electron chi connectivity index (χ0n) is 17.0. The SMILES string of the molecule is CN(C)C(=O)CN1CCN(C(=O)N2CCC(c3cccnc3)C2)c2ccccc21. The Balaban J connectivity index is 1.50. The lowest BCUT2D eigenvalue weighted by molar-refractivity contribution is -0.127. The molecule has 1 aromatic heterocycles. The van der Waals surface area contributed by atoms with Crippen LogP contribution in [0.25, 0.3) is 0 Å². The number of para-hydroxylation sites is 2. The third kappa shape index (κ3) is 3.90. The van der Waals surface area contributed by atoms with Crippen molar-refractivity contribution in [1.82, 2.24) is 14.8 Å². The standard InChI is InChI=1S/C22H27N5O2/c1-24(2)21(28)16-25-12-13-27(20-8-4-3-7-19(20)25)22(29)26-11-9-18(15-26)17-6-5-10-23-14-17/h3-8,10,14,18H,9,11-13,15-16H2,1-2H3. The van der Waals surface area contributed by atoms with Crippen LogP contribution in [0.3, 0.4) is 0 Å². The predicted octanol–water partition coefficient (Wildman–Crippen LogP) is 2.41. The molecule has 0 bridgehead atoms. The number of hydrogen-bond acceptors (Lipinski definition) is 4. The van der Waals surface area contributed by atoms with Crippen LogP contribution in [-0.2, 0) is 4.79 Å². The van der Waals surface area contributed by atoms with Crippen molar-refractivity contribution in [2.75, 3.05) is 56.6 Å². The molecule has 1 atom stereocenters. The van der Waals surface area contributed by atoms with Crippen molar-refractivity contribution >= 4 is 23.3 Å². The number of likely N-dealkylation sites (tertiary alicyclic amines) is 1. The maximum Gasteiger partial charge on any atom is 0.324 e. The Morgan fingerprint density at radius 2 is 1.86 bits per heavy atom. The molecule has 0 saturated carbocycles. The van der Waals surface area contributed by atoms with Crippen molar-refractivity contribution < 1.29 is 9.59 Å². The number of fused-ring (bicyclic) bond motifs is 1. The lowest BCUT2D eigenvalue weighted by atomic mass is 10.0. The molecule has 2 aliphatic rings. The number of rotatable bonds is 3. The van der Waals surface area contributed by atoms with E-state index in [0.29, 0.717) is 32.1 Å². The minimum absolute atomic E-state index is 0.0439. The summed E-state index contributed by atoms with van der Waals surface area (Å²) in [4.78, 5) is 37.2. The highest BCUT2D eigenvalue weighted by Gasteiger charge is 2.34. The number of amides is 3. The Hall–Kier alpha value is -3.09. The second-order valence-corrected chi connectivity index (χ2v) is 7.85. The van der Waals surface area contributed by atoms with E-state index in [-0.39, 0.29) is 11.9 Å². The normalized spacial score (nSPS) is 18.6. The molecule has 3 amide bonds. The van der Waals surface area contributed by atoms with Gasteiger partial charge in [0, 0.05) is 58.6 Å². The summed E-state index contributed by atoms with van der Waals surface area (Å²) in [5, 5.41) is 0. The molecule has 0 aliphatic carbocycles. The Morgan fingerprint density at radius 1 is 1.07 bits per heavy atom. The van der Waals surface area contributed by atoms with E-state index in [9.17, 15) is 9.59 Å². The molecule has 2 aliphatic heterocycles. The third-order valence-corrected chi connectivity index (χ3v) is 5.78. The van der Waals surface area contributed by atoms with E-state index in [4.69, 9.17) is 0 Å². The summed E-state index contributed by atoms with van der Waals surface area (Å²) in [6.07, 6.45) is 4.63. The molecule has 29 heavy (non-hydrogen) atoms. The maximum absolute atomic E-state index is 13.3. The van der Waals surface area contributed by atoms with Crippen LogP contribution < -0.4 is 9.80 Å². The van der Waals surface area contributed by atoms with Gasteiger partial charge in [-0.05, 0) is 30.2 Å². The van der Waals surface area contributed by atoms with E-state index in [2.05, 4.69) is 16.0 Å². The number of nitrogens with zero attached hydrogens (tertiary/aromatic N) is 5. The minimum atomic E-state index is 0.0439. The molecule has 3 heterocycles. The maximum atomic E-state index is 13.3. The number of hydrogen-bond donors (Lipinski definition) is 0. The number of pyridine rings is 1. The van der Waals surface area contributed by atoms with Crippen LogP contribution in [-0.4, -0.2) is 73.5 Å². The fourth-order valence-electron chi connectivity index (χ4n) is 4.08. The number of urea groups is 1. The van der Waals surface area contributed by atoms with Crippen LogP contribution in [0.4, 0.5) is 16.2 Å². The molecule has 0 N–H and O–H groups in total. The fourth-order valence-corrected chi connectivity index (χ4v) is 4.08. The first-order valence-electron chi connectivity index (χ1n) is 10.0. The highest BCUT2D eigenvalue weighted by Crippen LogP contribution is 2.35. The van der Waals surface area contributed by atoms with Gasteiger partial charge in [0.2, 0.25) is 5.91 Å². The van der Waals surface area contributed by atoms with Crippen molar-refractivity contribution in [2.45, 2.75) is 12.3 Å². The number of carbonyl (C=O) groups excluding carboxylic acids is 2. The Morgan fingerprint density at radius 3 is 2.59 bits per heavy atom. The molecule has 152 valence electrons. The smallest absolute Gasteiger partial charge is 0.324 e. The van der Waals surface area contributed by atoms with Crippen molar-refractivity contribution in [3.05, 3.63) is 54.4 Å². The zero-order valence-corrected chi connectivity index (χ0v) is 17.0. The van der Waals surface area contributed by atoms with Crippen LogP contribution in [0.1, 0.15) is 17.9 Å². The quantitative estimate of drug-likeness (QED) is 0.804. The minimum Gasteiger partial charge on any atom is -0.359 e. The first kappa shape index (κ1) is 19.2. The van der Waals surface area contributed by atoms with Gasteiger partial charge in [0.25, 0.3) is 0 Å². The molecular formula is C22H27N5O2. The topological polar surface area (TPSA) is 60.0 Å². The van der Waals surface area contributed by atoms with E-state index in [1.54, 1.807) is 25.2 Å². The van der Waals surface area contributed by atoms with Crippen molar-refractivity contribution in [2.24, 2.45) is 0 Å². The predicted molar refractivity (Wildman–Crippen MR) is 113 cm³/mol. The van der Waals surface area contributed by atoms with Gasteiger partial charge in [-0.15, -0.1) is 0 Å². The van der Waals surface area contributed by atoms with Crippen LogP contribution in [0.2, 0.25) is 0 Å². The number of carbonyl (C=O) groups is 2. The van der Waals surface area contributed by atoms with Crippen molar-refractivity contribution in [3.63, 3.8) is 0 Å². The Labute approximate surface area is 171 Å². The molecule has 1 saturated heterocycles. The van der Waals surface area contributed by atoms with Gasteiger partial charge in [-0.3, -0.25) is 14.7 Å². The zero-order chi connectivity index (χ0) is 20.4. The molecule has 2 aromatic rings. The second kappa shape index (κ2) is 8.11. The summed E-state index contributed by atoms with van der Waals surface area (Å²) in [6, 6.07) is 11.9. The third-order valence-electron chi connectivity index (χ3n) is 5.78. The first-order chi connectivity index (χ1) is 14.0. The lowest BCUT2D eigenvalue weighted by Gasteiger charge is -2.39. The molecule has 1 fully saturated rings. The molecule has 0 spiro atoms. The van der Waals surface area contributed by atoms with Gasteiger partial charge in [-0.1, -0.05) is 18.2 Å². The molecule has 1 aromatic carbocycles. The first-order valence-corrected chi connectivity index (χ1v) is 10.0. The highest BCUT2D eigenvalue weighted by atomic mass is 16.2. The highest BCUT2D eigenvalue weighted by molar-refractivity contribution is 5.97. The molecule has 1 unspecified atom stereocenters.